The number of aromatic nitrogens is 1. The molecular weight excluding hydrogens is 438 g/mol. The molecule has 0 atom stereocenters. The number of rotatable bonds is 8. The first-order valence-electron chi connectivity index (χ1n) is 10.9. The Morgan fingerprint density at radius 2 is 1.94 bits per heavy atom. The molecule has 3 aromatic rings. The summed E-state index contributed by atoms with van der Waals surface area (Å²) in [6.45, 7) is 4.03. The lowest BCUT2D eigenvalue weighted by Gasteiger charge is -2.31. The Morgan fingerprint density at radius 3 is 2.62 bits per heavy atom. The number of piperidine rings is 1. The molecule has 1 aromatic carbocycles. The van der Waals surface area contributed by atoms with Gasteiger partial charge in [-0.1, -0.05) is 18.5 Å². The summed E-state index contributed by atoms with van der Waals surface area (Å²) in [6, 6.07) is 9.23. The van der Waals surface area contributed by atoms with E-state index in [1.807, 2.05) is 31.2 Å². The number of furan rings is 1. The van der Waals surface area contributed by atoms with Gasteiger partial charge < -0.3 is 18.8 Å². The van der Waals surface area contributed by atoms with Crippen LogP contribution in [0.3, 0.4) is 0 Å². The van der Waals surface area contributed by atoms with Gasteiger partial charge in [0.1, 0.15) is 11.5 Å². The van der Waals surface area contributed by atoms with Gasteiger partial charge in [0.05, 0.1) is 24.3 Å². The van der Waals surface area contributed by atoms with Crippen molar-refractivity contribution in [2.75, 3.05) is 33.4 Å². The Morgan fingerprint density at radius 1 is 1.16 bits per heavy atom. The molecule has 0 N–H and O–H groups in total. The Balaban J connectivity index is 1.47. The van der Waals surface area contributed by atoms with E-state index < -0.39 is 5.92 Å². The molecular formula is C24H27ClF2N2O3. The number of nitrogens with zero attached hydrogens (tertiary/aromatic N) is 2. The third-order valence-electron chi connectivity index (χ3n) is 5.77. The summed E-state index contributed by atoms with van der Waals surface area (Å²) in [7, 11) is 1.58. The van der Waals surface area contributed by atoms with Crippen LogP contribution in [0.4, 0.5) is 8.78 Å². The van der Waals surface area contributed by atoms with Crippen LogP contribution in [0, 0.1) is 0 Å². The monoisotopic (exact) mass is 464 g/mol. The molecule has 0 aliphatic carbocycles. The van der Waals surface area contributed by atoms with Gasteiger partial charge in [-0.25, -0.2) is 13.8 Å². The van der Waals surface area contributed by atoms with Gasteiger partial charge in [-0.3, -0.25) is 0 Å². The number of hydrogen-bond acceptors (Lipinski definition) is 5. The molecule has 0 spiro atoms. The lowest BCUT2D eigenvalue weighted by atomic mass is 10.1. The number of ether oxygens (including phenoxy) is 2. The van der Waals surface area contributed by atoms with Crippen molar-refractivity contribution in [3.8, 4) is 23.0 Å². The molecule has 0 amide bonds. The summed E-state index contributed by atoms with van der Waals surface area (Å²) < 4.78 is 43.9. The minimum absolute atomic E-state index is 0.0729. The van der Waals surface area contributed by atoms with E-state index >= 15 is 0 Å². The van der Waals surface area contributed by atoms with Crippen molar-refractivity contribution in [1.29, 1.82) is 0 Å². The first-order chi connectivity index (χ1) is 15.4. The van der Waals surface area contributed by atoms with Gasteiger partial charge >= 0.3 is 0 Å². The van der Waals surface area contributed by atoms with Crippen LogP contribution in [0.1, 0.15) is 31.9 Å². The van der Waals surface area contributed by atoms with Crippen LogP contribution in [0.25, 0.3) is 22.4 Å². The van der Waals surface area contributed by atoms with Gasteiger partial charge in [-0.15, -0.1) is 0 Å². The van der Waals surface area contributed by atoms with Crippen molar-refractivity contribution in [1.82, 2.24) is 9.88 Å². The number of hydrogen-bond donors (Lipinski definition) is 0. The zero-order valence-electron chi connectivity index (χ0n) is 18.3. The van der Waals surface area contributed by atoms with Crippen molar-refractivity contribution >= 4 is 22.5 Å². The maximum absolute atomic E-state index is 13.3. The van der Waals surface area contributed by atoms with Crippen LogP contribution in [0.15, 0.2) is 34.7 Å². The van der Waals surface area contributed by atoms with E-state index in [1.54, 1.807) is 13.2 Å². The van der Waals surface area contributed by atoms with Gasteiger partial charge in [-0.2, -0.15) is 0 Å². The second-order valence-electron chi connectivity index (χ2n) is 8.03. The van der Waals surface area contributed by atoms with Gasteiger partial charge in [0.2, 0.25) is 0 Å². The normalized spacial score (nSPS) is 16.4. The van der Waals surface area contributed by atoms with Crippen molar-refractivity contribution in [3.05, 3.63) is 41.1 Å². The molecule has 8 heteroatoms. The van der Waals surface area contributed by atoms with Gasteiger partial charge in [-0.05, 0) is 30.7 Å². The maximum Gasteiger partial charge on any atom is 0.250 e. The number of halogens is 3. The third kappa shape index (κ3) is 5.15. The molecule has 0 radical (unpaired) electrons. The lowest BCUT2D eigenvalue weighted by Crippen LogP contribution is -2.40. The molecule has 1 aliphatic heterocycles. The number of methoxy groups -OCH3 is 1. The van der Waals surface area contributed by atoms with E-state index in [4.69, 9.17) is 30.5 Å². The molecule has 172 valence electrons. The van der Waals surface area contributed by atoms with E-state index in [9.17, 15) is 8.78 Å². The fraction of sp³-hybridized carbons (Fsp3) is 0.458. The molecule has 3 heterocycles. The summed E-state index contributed by atoms with van der Waals surface area (Å²) in [6.07, 6.45) is 1.39. The van der Waals surface area contributed by atoms with Crippen molar-refractivity contribution in [2.45, 2.75) is 38.5 Å². The smallest absolute Gasteiger partial charge is 0.250 e. The Hall–Kier alpha value is -2.38. The fourth-order valence-electron chi connectivity index (χ4n) is 3.87. The summed E-state index contributed by atoms with van der Waals surface area (Å²) in [5, 5.41) is 1.31. The molecule has 0 bridgehead atoms. The molecule has 2 aromatic heterocycles. The van der Waals surface area contributed by atoms with Crippen molar-refractivity contribution in [3.63, 3.8) is 0 Å². The highest BCUT2D eigenvalue weighted by Gasteiger charge is 2.33. The molecule has 0 unspecified atom stereocenters. The van der Waals surface area contributed by atoms with Crippen LogP contribution in [0.2, 0.25) is 5.02 Å². The Kier molecular flexibility index (Phi) is 6.86. The zero-order valence-corrected chi connectivity index (χ0v) is 19.1. The molecule has 0 saturated carbocycles. The molecule has 1 fully saturated rings. The largest absolute Gasteiger partial charge is 0.493 e. The number of fused-ring (bicyclic) bond motifs is 1. The SMILES string of the molecule is CCc1ccc(-c2cc(Cl)c3cc(OC)c(OCCCN4CCC(F)(F)CC4)cc3n2)o1. The Labute approximate surface area is 191 Å². The van der Waals surface area contributed by atoms with Gasteiger partial charge in [0.25, 0.3) is 5.92 Å². The summed E-state index contributed by atoms with van der Waals surface area (Å²) in [5.74, 6) is 0.162. The average Bonchev–Trinajstić information content (AvgIpc) is 3.26. The highest BCUT2D eigenvalue weighted by atomic mass is 35.5. The second-order valence-corrected chi connectivity index (χ2v) is 8.44. The van der Waals surface area contributed by atoms with E-state index in [0.717, 1.165) is 30.5 Å². The summed E-state index contributed by atoms with van der Waals surface area (Å²) in [4.78, 5) is 6.77. The minimum atomic E-state index is -2.52. The molecule has 32 heavy (non-hydrogen) atoms. The lowest BCUT2D eigenvalue weighted by molar-refractivity contribution is -0.0554. The number of pyridine rings is 1. The Bertz CT molecular complexity index is 1080. The summed E-state index contributed by atoms with van der Waals surface area (Å²) >= 11 is 6.53. The number of likely N-dealkylation sites (tertiary alicyclic amines) is 1. The van der Waals surface area contributed by atoms with Crippen LogP contribution in [-0.4, -0.2) is 49.2 Å². The molecule has 1 saturated heterocycles. The minimum Gasteiger partial charge on any atom is -0.493 e. The standard InChI is InChI=1S/C24H27ClF2N2O3/c1-3-16-5-6-21(32-16)20-14-18(25)17-13-22(30-2)23(15-19(17)28-20)31-12-4-9-29-10-7-24(26,27)8-11-29/h5-6,13-15H,3-4,7-12H2,1-2H3. The maximum atomic E-state index is 13.3. The average molecular weight is 465 g/mol. The highest BCUT2D eigenvalue weighted by Crippen LogP contribution is 2.37. The topological polar surface area (TPSA) is 47.7 Å². The van der Waals surface area contributed by atoms with E-state index in [1.165, 1.54) is 0 Å². The molecule has 1 aliphatic rings. The molecule has 4 rings (SSSR count). The van der Waals surface area contributed by atoms with E-state index in [-0.39, 0.29) is 12.8 Å². The van der Waals surface area contributed by atoms with E-state index in [0.29, 0.717) is 53.2 Å². The van der Waals surface area contributed by atoms with Crippen LogP contribution in [-0.2, 0) is 6.42 Å². The number of aryl methyl sites for hydroxylation is 1. The quantitative estimate of drug-likeness (QED) is 0.370. The molecule has 5 nitrogen and oxygen atoms in total. The first kappa shape index (κ1) is 22.8. The van der Waals surface area contributed by atoms with Crippen molar-refractivity contribution < 1.29 is 22.7 Å². The third-order valence-corrected chi connectivity index (χ3v) is 6.08. The number of benzene rings is 1. The van der Waals surface area contributed by atoms with Crippen LogP contribution in [0.5, 0.6) is 11.5 Å². The zero-order chi connectivity index (χ0) is 22.7. The fourth-order valence-corrected chi connectivity index (χ4v) is 4.13. The van der Waals surface area contributed by atoms with Crippen LogP contribution >= 0.6 is 11.6 Å². The van der Waals surface area contributed by atoms with Gasteiger partial charge in [0.15, 0.2) is 17.3 Å². The van der Waals surface area contributed by atoms with Crippen molar-refractivity contribution in [2.24, 2.45) is 0 Å². The summed E-state index contributed by atoms with van der Waals surface area (Å²) in [5.41, 5.74) is 1.33. The predicted octanol–water partition coefficient (Wildman–Crippen LogP) is 6.22. The van der Waals surface area contributed by atoms with E-state index in [2.05, 4.69) is 4.90 Å². The number of alkyl halides is 2. The second kappa shape index (κ2) is 9.63. The van der Waals surface area contributed by atoms with Gasteiger partial charge in [0, 0.05) is 50.3 Å². The highest BCUT2D eigenvalue weighted by molar-refractivity contribution is 6.35. The predicted molar refractivity (Wildman–Crippen MR) is 121 cm³/mol. The van der Waals surface area contributed by atoms with Crippen LogP contribution < -0.4 is 9.47 Å². The first-order valence-corrected chi connectivity index (χ1v) is 11.3.